The number of hydrogen-bond donors (Lipinski definition) is 1. The molecule has 0 aliphatic carbocycles. The number of ether oxygens (including phenoxy) is 2. The summed E-state index contributed by atoms with van der Waals surface area (Å²) < 4.78 is 24.4. The lowest BCUT2D eigenvalue weighted by atomic mass is 10.1. The van der Waals surface area contributed by atoms with Gasteiger partial charge in [0.05, 0.1) is 0 Å². The Hall–Kier alpha value is -2.56. The summed E-state index contributed by atoms with van der Waals surface area (Å²) >= 11 is 0. The molecule has 0 aromatic heterocycles. The molecule has 0 saturated carbocycles. The van der Waals surface area contributed by atoms with Gasteiger partial charge in [0.15, 0.2) is 0 Å². The van der Waals surface area contributed by atoms with Gasteiger partial charge in [0.1, 0.15) is 36.2 Å². The van der Waals surface area contributed by atoms with Gasteiger partial charge >= 0.3 is 0 Å². The number of oxime groups is 1. The fourth-order valence-corrected chi connectivity index (χ4v) is 2.03. The molecule has 1 heterocycles. The lowest BCUT2D eigenvalue weighted by Crippen LogP contribution is -2.01. The topological polar surface area (TPSA) is 51.1 Å². The highest BCUT2D eigenvalue weighted by Gasteiger charge is 2.20. The normalized spacial score (nSPS) is 14.9. The molecule has 2 aromatic rings. The van der Waals surface area contributed by atoms with Crippen molar-refractivity contribution in [3.63, 3.8) is 0 Å². The van der Waals surface area contributed by atoms with Crippen molar-refractivity contribution in [2.75, 3.05) is 6.61 Å². The van der Waals surface area contributed by atoms with Crippen LogP contribution in [0, 0.1) is 5.82 Å². The van der Waals surface area contributed by atoms with E-state index in [1.165, 1.54) is 6.07 Å². The number of hydrogen-bond acceptors (Lipinski definition) is 4. The molecule has 20 heavy (non-hydrogen) atoms. The third-order valence-electron chi connectivity index (χ3n) is 3.10. The first-order chi connectivity index (χ1) is 9.78. The van der Waals surface area contributed by atoms with Crippen LogP contribution in [0.4, 0.5) is 4.39 Å². The van der Waals surface area contributed by atoms with Gasteiger partial charge in [0.2, 0.25) is 0 Å². The fourth-order valence-electron chi connectivity index (χ4n) is 2.03. The van der Waals surface area contributed by atoms with E-state index in [1.807, 2.05) is 0 Å². The first-order valence-corrected chi connectivity index (χ1v) is 6.12. The van der Waals surface area contributed by atoms with E-state index in [1.54, 1.807) is 36.4 Å². The zero-order valence-electron chi connectivity index (χ0n) is 10.5. The van der Waals surface area contributed by atoms with Crippen LogP contribution in [0.5, 0.6) is 11.5 Å². The average Bonchev–Trinajstić information content (AvgIpc) is 2.88. The summed E-state index contributed by atoms with van der Waals surface area (Å²) in [6.07, 6.45) is 0. The van der Waals surface area contributed by atoms with Gasteiger partial charge in [-0.1, -0.05) is 23.4 Å². The minimum absolute atomic E-state index is 0.145. The van der Waals surface area contributed by atoms with E-state index in [0.717, 1.165) is 5.56 Å². The predicted octanol–water partition coefficient (Wildman–Crippen LogP) is 2.98. The van der Waals surface area contributed by atoms with Crippen molar-refractivity contribution in [1.82, 2.24) is 0 Å². The Balaban J connectivity index is 1.75. The van der Waals surface area contributed by atoms with E-state index in [-0.39, 0.29) is 19.0 Å². The molecule has 102 valence electrons. The predicted molar refractivity (Wildman–Crippen MR) is 71.0 cm³/mol. The maximum atomic E-state index is 13.5. The second-order valence-electron chi connectivity index (χ2n) is 4.37. The van der Waals surface area contributed by atoms with Gasteiger partial charge < -0.3 is 14.7 Å². The van der Waals surface area contributed by atoms with Crippen LogP contribution in [-0.4, -0.2) is 17.5 Å². The molecule has 0 atom stereocenters. The van der Waals surface area contributed by atoms with Crippen molar-refractivity contribution < 1.29 is 19.1 Å². The van der Waals surface area contributed by atoms with Crippen molar-refractivity contribution in [3.8, 4) is 11.5 Å². The first kappa shape index (κ1) is 12.5. The number of rotatable bonds is 3. The fraction of sp³-hybridized carbons (Fsp3) is 0.133. The lowest BCUT2D eigenvalue weighted by molar-refractivity contribution is 0.297. The van der Waals surface area contributed by atoms with Gasteiger partial charge in [-0.3, -0.25) is 0 Å². The maximum absolute atomic E-state index is 13.5. The van der Waals surface area contributed by atoms with Crippen molar-refractivity contribution in [2.24, 2.45) is 5.16 Å². The summed E-state index contributed by atoms with van der Waals surface area (Å²) in [5, 5.41) is 12.0. The lowest BCUT2D eigenvalue weighted by Gasteiger charge is -2.08. The van der Waals surface area contributed by atoms with Gasteiger partial charge in [0.25, 0.3) is 0 Å². The van der Waals surface area contributed by atoms with Crippen LogP contribution in [0.1, 0.15) is 11.1 Å². The summed E-state index contributed by atoms with van der Waals surface area (Å²) in [7, 11) is 0. The van der Waals surface area contributed by atoms with Gasteiger partial charge in [-0.2, -0.15) is 0 Å². The summed E-state index contributed by atoms with van der Waals surface area (Å²) in [6, 6.07) is 11.7. The van der Waals surface area contributed by atoms with Crippen molar-refractivity contribution >= 4 is 5.71 Å². The Bertz CT molecular complexity index is 670. The smallest absolute Gasteiger partial charge is 0.134 e. The molecule has 1 aliphatic rings. The molecular weight excluding hydrogens is 261 g/mol. The molecule has 0 fully saturated rings. The quantitative estimate of drug-likeness (QED) is 0.691. The van der Waals surface area contributed by atoms with E-state index in [9.17, 15) is 4.39 Å². The second-order valence-corrected chi connectivity index (χ2v) is 4.37. The average molecular weight is 273 g/mol. The molecule has 0 saturated heterocycles. The third kappa shape index (κ3) is 2.30. The Morgan fingerprint density at radius 2 is 2.10 bits per heavy atom. The molecule has 0 spiro atoms. The Morgan fingerprint density at radius 1 is 1.25 bits per heavy atom. The Labute approximate surface area is 115 Å². The number of nitrogens with zero attached hydrogens (tertiary/aromatic N) is 1. The Morgan fingerprint density at radius 3 is 2.90 bits per heavy atom. The summed E-state index contributed by atoms with van der Waals surface area (Å²) in [5.74, 6) is 0.884. The number of benzene rings is 2. The van der Waals surface area contributed by atoms with E-state index in [2.05, 4.69) is 5.16 Å². The van der Waals surface area contributed by atoms with Crippen LogP contribution in [0.3, 0.4) is 0 Å². The van der Waals surface area contributed by atoms with Gasteiger partial charge in [-0.25, -0.2) is 4.39 Å². The van der Waals surface area contributed by atoms with E-state index < -0.39 is 0 Å². The van der Waals surface area contributed by atoms with E-state index >= 15 is 0 Å². The second kappa shape index (κ2) is 5.21. The molecule has 4 nitrogen and oxygen atoms in total. The van der Waals surface area contributed by atoms with Gasteiger partial charge in [-0.15, -0.1) is 0 Å². The third-order valence-corrected chi connectivity index (χ3v) is 3.10. The SMILES string of the molecule is O/N=C1\COc2cc(OCc3ccccc3F)ccc21. The standard InChI is InChI=1S/C15H12FNO3/c16-13-4-2-1-3-10(13)8-19-11-5-6-12-14(17-18)9-20-15(12)7-11/h1-7,18H,8-9H2/b17-14+. The molecule has 1 aliphatic heterocycles. The molecule has 2 aromatic carbocycles. The zero-order valence-corrected chi connectivity index (χ0v) is 10.5. The van der Waals surface area contributed by atoms with Gasteiger partial charge in [0, 0.05) is 17.2 Å². The highest BCUT2D eigenvalue weighted by atomic mass is 19.1. The first-order valence-electron chi connectivity index (χ1n) is 6.12. The molecule has 3 rings (SSSR count). The van der Waals surface area contributed by atoms with Crippen molar-refractivity contribution in [3.05, 3.63) is 59.4 Å². The summed E-state index contributed by atoms with van der Waals surface area (Å²) in [4.78, 5) is 0. The van der Waals surface area contributed by atoms with Crippen LogP contribution in [-0.2, 0) is 6.61 Å². The van der Waals surface area contributed by atoms with Crippen LogP contribution in [0.2, 0.25) is 0 Å². The maximum Gasteiger partial charge on any atom is 0.134 e. The summed E-state index contributed by atoms with van der Waals surface area (Å²) in [5.41, 5.74) is 1.72. The highest BCUT2D eigenvalue weighted by molar-refractivity contribution is 6.05. The Kier molecular flexibility index (Phi) is 3.25. The minimum Gasteiger partial charge on any atom is -0.489 e. The molecule has 1 N–H and O–H groups in total. The monoisotopic (exact) mass is 273 g/mol. The van der Waals surface area contributed by atoms with E-state index in [4.69, 9.17) is 14.7 Å². The number of fused-ring (bicyclic) bond motifs is 1. The molecule has 0 bridgehead atoms. The molecule has 0 amide bonds. The van der Waals surface area contributed by atoms with Gasteiger partial charge in [-0.05, 0) is 18.2 Å². The van der Waals surface area contributed by atoms with Crippen molar-refractivity contribution in [2.45, 2.75) is 6.61 Å². The molecule has 0 radical (unpaired) electrons. The van der Waals surface area contributed by atoms with Crippen molar-refractivity contribution in [1.29, 1.82) is 0 Å². The highest BCUT2D eigenvalue weighted by Crippen LogP contribution is 2.30. The largest absolute Gasteiger partial charge is 0.489 e. The molecule has 5 heteroatoms. The molecular formula is C15H12FNO3. The zero-order chi connectivity index (χ0) is 13.9. The minimum atomic E-state index is -0.292. The van der Waals surface area contributed by atoms with Crippen LogP contribution in [0.25, 0.3) is 0 Å². The van der Waals surface area contributed by atoms with E-state index in [0.29, 0.717) is 22.8 Å². The van der Waals surface area contributed by atoms with Crippen LogP contribution >= 0.6 is 0 Å². The van der Waals surface area contributed by atoms with Crippen LogP contribution < -0.4 is 9.47 Å². The molecule has 0 unspecified atom stereocenters. The summed E-state index contributed by atoms with van der Waals surface area (Å²) in [6.45, 7) is 0.384. The van der Waals surface area contributed by atoms with Crippen LogP contribution in [0.15, 0.2) is 47.6 Å². The number of halogens is 1.